The van der Waals surface area contributed by atoms with E-state index < -0.39 is 11.9 Å². The summed E-state index contributed by atoms with van der Waals surface area (Å²) < 4.78 is 9.71. The molecule has 3 N–H and O–H groups in total. The molecule has 0 spiro atoms. The number of primary amides is 1. The van der Waals surface area contributed by atoms with E-state index >= 15 is 0 Å². The Morgan fingerprint density at radius 2 is 2.07 bits per heavy atom. The molecule has 0 heterocycles. The van der Waals surface area contributed by atoms with Gasteiger partial charge in [0.25, 0.3) is 0 Å². The molecule has 0 aliphatic carbocycles. The molecule has 6 nitrogen and oxygen atoms in total. The van der Waals surface area contributed by atoms with Crippen molar-refractivity contribution in [3.63, 3.8) is 0 Å². The minimum atomic E-state index is -0.622. The first-order chi connectivity index (χ1) is 7.11. The van der Waals surface area contributed by atoms with Crippen molar-refractivity contribution in [1.29, 1.82) is 0 Å². The van der Waals surface area contributed by atoms with Gasteiger partial charge in [0.15, 0.2) is 0 Å². The molecule has 0 rings (SSSR count). The molecule has 0 aromatic heterocycles. The highest BCUT2D eigenvalue weighted by atomic mass is 16.5. The van der Waals surface area contributed by atoms with E-state index in [4.69, 9.17) is 15.2 Å². The third kappa shape index (κ3) is 6.87. The molecule has 0 radical (unpaired) electrons. The first kappa shape index (κ1) is 13.9. The predicted molar refractivity (Wildman–Crippen MR) is 54.1 cm³/mol. The summed E-state index contributed by atoms with van der Waals surface area (Å²) in [5.74, 6) is -0.889. The molecule has 0 aromatic rings. The highest BCUT2D eigenvalue weighted by Crippen LogP contribution is 1.89. The summed E-state index contributed by atoms with van der Waals surface area (Å²) in [6.45, 7) is 2.45. The van der Waals surface area contributed by atoms with Crippen LogP contribution in [0.3, 0.4) is 0 Å². The van der Waals surface area contributed by atoms with Gasteiger partial charge in [0.1, 0.15) is 12.6 Å². The van der Waals surface area contributed by atoms with Gasteiger partial charge < -0.3 is 20.5 Å². The van der Waals surface area contributed by atoms with E-state index in [-0.39, 0.29) is 12.5 Å². The number of ether oxygens (including phenoxy) is 2. The number of methoxy groups -OCH3 is 1. The van der Waals surface area contributed by atoms with E-state index in [0.717, 1.165) is 0 Å². The summed E-state index contributed by atoms with van der Waals surface area (Å²) in [5, 5.41) is 2.46. The molecule has 1 atom stereocenters. The Bertz CT molecular complexity index is 208. The van der Waals surface area contributed by atoms with Gasteiger partial charge in [-0.2, -0.15) is 0 Å². The second-order valence-corrected chi connectivity index (χ2v) is 2.98. The van der Waals surface area contributed by atoms with Crippen molar-refractivity contribution in [2.45, 2.75) is 19.4 Å². The van der Waals surface area contributed by atoms with Crippen LogP contribution in [0.2, 0.25) is 0 Å². The van der Waals surface area contributed by atoms with Crippen molar-refractivity contribution in [2.75, 3.05) is 26.9 Å². The van der Waals surface area contributed by atoms with Crippen molar-refractivity contribution in [2.24, 2.45) is 5.73 Å². The molecule has 6 heteroatoms. The van der Waals surface area contributed by atoms with Crippen LogP contribution in [-0.4, -0.2) is 44.8 Å². The van der Waals surface area contributed by atoms with Crippen molar-refractivity contribution in [3.05, 3.63) is 0 Å². The van der Waals surface area contributed by atoms with E-state index in [1.807, 2.05) is 0 Å². The van der Waals surface area contributed by atoms with Crippen LogP contribution in [0, 0.1) is 0 Å². The second-order valence-electron chi connectivity index (χ2n) is 2.98. The maximum absolute atomic E-state index is 11.2. The topological polar surface area (TPSA) is 90.7 Å². The molecular weight excluding hydrogens is 200 g/mol. The Balaban J connectivity index is 3.67. The zero-order valence-corrected chi connectivity index (χ0v) is 9.12. The third-order valence-corrected chi connectivity index (χ3v) is 1.75. The van der Waals surface area contributed by atoms with Crippen LogP contribution in [0.15, 0.2) is 0 Å². The predicted octanol–water partition coefficient (Wildman–Crippen LogP) is -0.970. The van der Waals surface area contributed by atoms with Gasteiger partial charge in [0, 0.05) is 7.11 Å². The van der Waals surface area contributed by atoms with Gasteiger partial charge in [0.2, 0.25) is 11.8 Å². The number of carbonyl (C=O) groups excluding carboxylic acids is 2. The van der Waals surface area contributed by atoms with E-state index in [1.165, 1.54) is 0 Å². The molecule has 15 heavy (non-hydrogen) atoms. The highest BCUT2D eigenvalue weighted by Gasteiger charge is 2.15. The Morgan fingerprint density at radius 1 is 1.40 bits per heavy atom. The number of nitrogens with one attached hydrogen (secondary N) is 1. The van der Waals surface area contributed by atoms with E-state index in [9.17, 15) is 9.59 Å². The minimum absolute atomic E-state index is 0.0901. The smallest absolute Gasteiger partial charge is 0.246 e. The van der Waals surface area contributed by atoms with Crippen molar-refractivity contribution in [1.82, 2.24) is 5.32 Å². The average Bonchev–Trinajstić information content (AvgIpc) is 2.20. The average molecular weight is 218 g/mol. The molecule has 0 bridgehead atoms. The zero-order valence-electron chi connectivity index (χ0n) is 9.12. The number of rotatable bonds is 8. The molecule has 88 valence electrons. The Labute approximate surface area is 89.1 Å². The summed E-state index contributed by atoms with van der Waals surface area (Å²) in [7, 11) is 1.55. The summed E-state index contributed by atoms with van der Waals surface area (Å²) in [5.41, 5.74) is 5.06. The lowest BCUT2D eigenvalue weighted by molar-refractivity contribution is -0.130. The van der Waals surface area contributed by atoms with Crippen LogP contribution >= 0.6 is 0 Å². The summed E-state index contributed by atoms with van der Waals surface area (Å²) in [4.78, 5) is 22.0. The van der Waals surface area contributed by atoms with Gasteiger partial charge >= 0.3 is 0 Å². The van der Waals surface area contributed by atoms with Gasteiger partial charge in [-0.15, -0.1) is 0 Å². The lowest BCUT2D eigenvalue weighted by Crippen LogP contribution is -2.45. The van der Waals surface area contributed by atoms with Crippen LogP contribution < -0.4 is 11.1 Å². The fraction of sp³-hybridized carbons (Fsp3) is 0.778. The lowest BCUT2D eigenvalue weighted by atomic mass is 10.2. The van der Waals surface area contributed by atoms with Gasteiger partial charge in [-0.1, -0.05) is 6.92 Å². The summed E-state index contributed by atoms with van der Waals surface area (Å²) in [6.07, 6.45) is 0.471. The largest absolute Gasteiger partial charge is 0.382 e. The Kier molecular flexibility index (Phi) is 7.57. The Morgan fingerprint density at radius 3 is 2.53 bits per heavy atom. The zero-order chi connectivity index (χ0) is 11.7. The third-order valence-electron chi connectivity index (χ3n) is 1.75. The molecule has 0 fully saturated rings. The molecule has 0 aromatic carbocycles. The van der Waals surface area contributed by atoms with E-state index in [2.05, 4.69) is 5.32 Å². The van der Waals surface area contributed by atoms with Gasteiger partial charge in [-0.25, -0.2) is 0 Å². The molecule has 0 aliphatic heterocycles. The van der Waals surface area contributed by atoms with Crippen LogP contribution in [0.1, 0.15) is 13.3 Å². The van der Waals surface area contributed by atoms with Crippen molar-refractivity contribution < 1.29 is 19.1 Å². The van der Waals surface area contributed by atoms with Crippen LogP contribution in [0.4, 0.5) is 0 Å². The first-order valence-electron chi connectivity index (χ1n) is 4.77. The van der Waals surface area contributed by atoms with E-state index in [1.54, 1.807) is 14.0 Å². The van der Waals surface area contributed by atoms with E-state index in [0.29, 0.717) is 19.6 Å². The summed E-state index contributed by atoms with van der Waals surface area (Å²) >= 11 is 0. The van der Waals surface area contributed by atoms with Crippen molar-refractivity contribution >= 4 is 11.8 Å². The molecule has 2 amide bonds. The number of carbonyl (C=O) groups is 2. The van der Waals surface area contributed by atoms with Crippen LogP contribution in [0.5, 0.6) is 0 Å². The fourth-order valence-corrected chi connectivity index (χ4v) is 0.917. The molecule has 0 saturated carbocycles. The number of nitrogens with two attached hydrogens (primary N) is 1. The summed E-state index contributed by atoms with van der Waals surface area (Å²) in [6, 6.07) is -0.622. The SMILES string of the molecule is CC[C@H](NC(=O)COCCOC)C(N)=O. The fourth-order valence-electron chi connectivity index (χ4n) is 0.917. The first-order valence-corrected chi connectivity index (χ1v) is 4.77. The highest BCUT2D eigenvalue weighted by molar-refractivity contribution is 5.86. The quantitative estimate of drug-likeness (QED) is 0.513. The normalized spacial score (nSPS) is 12.1. The lowest BCUT2D eigenvalue weighted by Gasteiger charge is -2.12. The number of amides is 2. The van der Waals surface area contributed by atoms with Crippen LogP contribution in [-0.2, 0) is 19.1 Å². The van der Waals surface area contributed by atoms with Crippen LogP contribution in [0.25, 0.3) is 0 Å². The van der Waals surface area contributed by atoms with Gasteiger partial charge in [0.05, 0.1) is 13.2 Å². The van der Waals surface area contributed by atoms with Crippen molar-refractivity contribution in [3.8, 4) is 0 Å². The molecule has 0 unspecified atom stereocenters. The molecular formula is C9H18N2O4. The second kappa shape index (κ2) is 8.19. The maximum atomic E-state index is 11.2. The number of hydrogen-bond donors (Lipinski definition) is 2. The maximum Gasteiger partial charge on any atom is 0.246 e. The van der Waals surface area contributed by atoms with Gasteiger partial charge in [-0.3, -0.25) is 9.59 Å². The number of hydrogen-bond acceptors (Lipinski definition) is 4. The minimum Gasteiger partial charge on any atom is -0.382 e. The molecule has 0 aliphatic rings. The molecule has 0 saturated heterocycles. The standard InChI is InChI=1S/C9H18N2O4/c1-3-7(9(10)13)11-8(12)6-15-5-4-14-2/h7H,3-6H2,1-2H3,(H2,10,13)(H,11,12)/t7-/m0/s1. The Hall–Kier alpha value is -1.14. The monoisotopic (exact) mass is 218 g/mol. The van der Waals surface area contributed by atoms with Gasteiger partial charge in [-0.05, 0) is 6.42 Å².